The van der Waals surface area contributed by atoms with E-state index >= 15 is 0 Å². The summed E-state index contributed by atoms with van der Waals surface area (Å²) >= 11 is 1.43. The van der Waals surface area contributed by atoms with Crippen molar-refractivity contribution < 1.29 is 9.32 Å². The quantitative estimate of drug-likeness (QED) is 0.325. The Bertz CT molecular complexity index is 1390. The van der Waals surface area contributed by atoms with Gasteiger partial charge in [-0.25, -0.2) is 9.97 Å². The number of fused-ring (bicyclic) bond motifs is 5. The van der Waals surface area contributed by atoms with Crippen molar-refractivity contribution in [1.82, 2.24) is 19.5 Å². The highest BCUT2D eigenvalue weighted by molar-refractivity contribution is 8.00. The number of anilines is 1. The van der Waals surface area contributed by atoms with Crippen LogP contribution in [0.2, 0.25) is 0 Å². The maximum absolute atomic E-state index is 12.9. The van der Waals surface area contributed by atoms with Gasteiger partial charge in [-0.2, -0.15) is 0 Å². The molecule has 5 rings (SSSR count). The molecule has 0 saturated carbocycles. The molecule has 8 heteroatoms. The van der Waals surface area contributed by atoms with Gasteiger partial charge >= 0.3 is 0 Å². The van der Waals surface area contributed by atoms with E-state index in [0.29, 0.717) is 18.0 Å². The van der Waals surface area contributed by atoms with Crippen LogP contribution in [-0.4, -0.2) is 30.7 Å². The highest BCUT2D eigenvalue weighted by Gasteiger charge is 2.23. The second-order valence-corrected chi connectivity index (χ2v) is 8.17. The number of thioether (sulfide) groups is 1. The first-order chi connectivity index (χ1) is 14.6. The van der Waals surface area contributed by atoms with Crippen LogP contribution in [0.1, 0.15) is 19.1 Å². The molecule has 0 radical (unpaired) electrons. The van der Waals surface area contributed by atoms with Gasteiger partial charge in [0.1, 0.15) is 11.4 Å². The molecule has 3 heterocycles. The van der Waals surface area contributed by atoms with Gasteiger partial charge in [-0.1, -0.05) is 48.1 Å². The van der Waals surface area contributed by atoms with Crippen molar-refractivity contribution in [2.45, 2.75) is 30.7 Å². The van der Waals surface area contributed by atoms with Gasteiger partial charge in [-0.3, -0.25) is 9.20 Å². The largest absolute Gasteiger partial charge is 0.360 e. The highest BCUT2D eigenvalue weighted by Crippen LogP contribution is 2.32. The Labute approximate surface area is 176 Å². The molecule has 1 amide bonds. The Balaban J connectivity index is 1.60. The topological polar surface area (TPSA) is 85.3 Å². The van der Waals surface area contributed by atoms with Crippen LogP contribution >= 0.6 is 11.8 Å². The predicted molar refractivity (Wildman–Crippen MR) is 118 cm³/mol. The minimum Gasteiger partial charge on any atom is -0.360 e. The van der Waals surface area contributed by atoms with Gasteiger partial charge in [0.15, 0.2) is 11.0 Å². The fraction of sp³-hybridized carbons (Fsp3) is 0.182. The second-order valence-electron chi connectivity index (χ2n) is 7.00. The lowest BCUT2D eigenvalue weighted by molar-refractivity contribution is -0.115. The second kappa shape index (κ2) is 7.46. The first-order valence-corrected chi connectivity index (χ1v) is 10.6. The Morgan fingerprint density at radius 3 is 2.67 bits per heavy atom. The molecule has 1 N–H and O–H groups in total. The van der Waals surface area contributed by atoms with E-state index in [1.54, 1.807) is 13.0 Å². The lowest BCUT2D eigenvalue weighted by Crippen LogP contribution is -2.25. The van der Waals surface area contributed by atoms with Crippen LogP contribution in [0, 0.1) is 6.92 Å². The summed E-state index contributed by atoms with van der Waals surface area (Å²) in [5, 5.41) is 8.05. The number of hydrogen-bond acceptors (Lipinski definition) is 6. The zero-order chi connectivity index (χ0) is 20.7. The van der Waals surface area contributed by atoms with Gasteiger partial charge in [0, 0.05) is 11.5 Å². The molecule has 0 bridgehead atoms. The number of carbonyl (C=O) groups is 1. The lowest BCUT2D eigenvalue weighted by atomic mass is 10.2. The Morgan fingerprint density at radius 1 is 1.13 bits per heavy atom. The number of hydrogen-bond donors (Lipinski definition) is 1. The number of carbonyl (C=O) groups excluding carboxylic acids is 1. The van der Waals surface area contributed by atoms with E-state index in [0.717, 1.165) is 32.7 Å². The van der Waals surface area contributed by atoms with Gasteiger partial charge in [0.05, 0.1) is 21.8 Å². The first-order valence-electron chi connectivity index (χ1n) is 9.71. The minimum atomic E-state index is -0.347. The molecule has 7 nitrogen and oxygen atoms in total. The van der Waals surface area contributed by atoms with E-state index in [2.05, 4.69) is 10.5 Å². The fourth-order valence-corrected chi connectivity index (χ4v) is 4.50. The molecule has 1 atom stereocenters. The maximum atomic E-state index is 12.9. The van der Waals surface area contributed by atoms with Crippen molar-refractivity contribution >= 4 is 51.1 Å². The van der Waals surface area contributed by atoms with Gasteiger partial charge in [-0.15, -0.1) is 0 Å². The van der Waals surface area contributed by atoms with Crippen LogP contribution in [0.3, 0.4) is 0 Å². The monoisotopic (exact) mass is 417 g/mol. The molecule has 3 aromatic heterocycles. The third kappa shape index (κ3) is 3.19. The Hall–Kier alpha value is -3.39. The zero-order valence-electron chi connectivity index (χ0n) is 16.5. The minimum absolute atomic E-state index is 0.136. The van der Waals surface area contributed by atoms with Crippen LogP contribution in [-0.2, 0) is 4.79 Å². The lowest BCUT2D eigenvalue weighted by Gasteiger charge is -2.15. The SMILES string of the molecule is CCC(Sc1nc2ccccc2c2nc3ccccc3n12)C(=O)Nc1cc(C)on1. The summed E-state index contributed by atoms with van der Waals surface area (Å²) in [7, 11) is 0. The summed E-state index contributed by atoms with van der Waals surface area (Å²) in [6, 6.07) is 17.6. The third-order valence-electron chi connectivity index (χ3n) is 4.90. The average Bonchev–Trinajstić information content (AvgIpc) is 3.35. The predicted octanol–water partition coefficient (Wildman–Crippen LogP) is 4.84. The van der Waals surface area contributed by atoms with Crippen LogP contribution in [0.4, 0.5) is 5.82 Å². The van der Waals surface area contributed by atoms with Crippen molar-refractivity contribution in [2.24, 2.45) is 0 Å². The molecule has 2 aromatic carbocycles. The summed E-state index contributed by atoms with van der Waals surface area (Å²) in [5.74, 6) is 0.929. The molecule has 0 saturated heterocycles. The Morgan fingerprint density at radius 2 is 1.90 bits per heavy atom. The standard InChI is InChI=1S/C22H19N5O2S/c1-3-18(21(28)25-19-12-13(2)29-26-19)30-22-24-15-9-5-4-8-14(15)20-23-16-10-6-7-11-17(16)27(20)22/h4-12,18H,3H2,1-2H3,(H,25,26,28). The van der Waals surface area contributed by atoms with Crippen LogP contribution in [0.5, 0.6) is 0 Å². The maximum Gasteiger partial charge on any atom is 0.239 e. The number of amides is 1. The molecule has 0 fully saturated rings. The van der Waals surface area contributed by atoms with E-state index < -0.39 is 0 Å². The smallest absolute Gasteiger partial charge is 0.239 e. The van der Waals surface area contributed by atoms with Gasteiger partial charge in [0.25, 0.3) is 0 Å². The number of nitrogens with one attached hydrogen (secondary N) is 1. The number of benzene rings is 2. The first kappa shape index (κ1) is 18.6. The molecule has 30 heavy (non-hydrogen) atoms. The number of rotatable bonds is 5. The Kier molecular flexibility index (Phi) is 4.63. The molecule has 0 aliphatic heterocycles. The van der Waals surface area contributed by atoms with Gasteiger partial charge < -0.3 is 9.84 Å². The van der Waals surface area contributed by atoms with Crippen molar-refractivity contribution in [3.63, 3.8) is 0 Å². The number of aromatic nitrogens is 4. The molecule has 150 valence electrons. The van der Waals surface area contributed by atoms with Crippen molar-refractivity contribution in [3.8, 4) is 0 Å². The summed E-state index contributed by atoms with van der Waals surface area (Å²) in [6.07, 6.45) is 0.635. The summed E-state index contributed by atoms with van der Waals surface area (Å²) in [5.41, 5.74) is 3.56. The number of para-hydroxylation sites is 3. The molecular weight excluding hydrogens is 398 g/mol. The fourth-order valence-electron chi connectivity index (χ4n) is 3.47. The van der Waals surface area contributed by atoms with Crippen LogP contribution < -0.4 is 5.32 Å². The van der Waals surface area contributed by atoms with E-state index in [9.17, 15) is 4.79 Å². The summed E-state index contributed by atoms with van der Waals surface area (Å²) in [6.45, 7) is 3.77. The highest BCUT2D eigenvalue weighted by atomic mass is 32.2. The summed E-state index contributed by atoms with van der Waals surface area (Å²) < 4.78 is 7.08. The number of imidazole rings is 1. The van der Waals surface area contributed by atoms with Crippen molar-refractivity contribution in [3.05, 3.63) is 60.4 Å². The molecule has 0 aliphatic carbocycles. The third-order valence-corrected chi connectivity index (χ3v) is 6.22. The van der Waals surface area contributed by atoms with Crippen LogP contribution in [0.15, 0.2) is 64.3 Å². The molecule has 0 aliphatic rings. The zero-order valence-corrected chi connectivity index (χ0v) is 17.3. The van der Waals surface area contributed by atoms with E-state index in [1.807, 2.05) is 59.9 Å². The summed E-state index contributed by atoms with van der Waals surface area (Å²) in [4.78, 5) is 22.6. The van der Waals surface area contributed by atoms with E-state index in [4.69, 9.17) is 14.5 Å². The average molecular weight is 417 g/mol. The van der Waals surface area contributed by atoms with E-state index in [1.165, 1.54) is 11.8 Å². The molecule has 0 spiro atoms. The van der Waals surface area contributed by atoms with Gasteiger partial charge in [-0.05, 0) is 37.6 Å². The van der Waals surface area contributed by atoms with Crippen LogP contribution in [0.25, 0.3) is 27.6 Å². The number of aryl methyl sites for hydroxylation is 1. The van der Waals surface area contributed by atoms with Crippen molar-refractivity contribution in [1.29, 1.82) is 0 Å². The molecule has 5 aromatic rings. The van der Waals surface area contributed by atoms with E-state index in [-0.39, 0.29) is 11.2 Å². The van der Waals surface area contributed by atoms with Gasteiger partial charge in [0.2, 0.25) is 5.91 Å². The van der Waals surface area contributed by atoms with Crippen molar-refractivity contribution in [2.75, 3.05) is 5.32 Å². The molecular formula is C22H19N5O2S. The number of nitrogens with zero attached hydrogens (tertiary/aromatic N) is 4. The normalized spacial score (nSPS) is 12.6. The molecule has 1 unspecified atom stereocenters.